The van der Waals surface area contributed by atoms with Gasteiger partial charge in [-0.25, -0.2) is 4.98 Å². The van der Waals surface area contributed by atoms with E-state index in [0.717, 1.165) is 36.3 Å². The summed E-state index contributed by atoms with van der Waals surface area (Å²) in [5.41, 5.74) is 1.94. The first kappa shape index (κ1) is 13.3. The highest BCUT2D eigenvalue weighted by Crippen LogP contribution is 2.22. The van der Waals surface area contributed by atoms with Crippen molar-refractivity contribution in [3.05, 3.63) is 17.6 Å². The largest absolute Gasteiger partial charge is 0.367 e. The van der Waals surface area contributed by atoms with Gasteiger partial charge in [-0.1, -0.05) is 12.8 Å². The van der Waals surface area contributed by atoms with E-state index in [1.165, 1.54) is 25.7 Å². The van der Waals surface area contributed by atoms with E-state index in [9.17, 15) is 0 Å². The monoisotopic (exact) mass is 248 g/mol. The zero-order valence-electron chi connectivity index (χ0n) is 11.7. The summed E-state index contributed by atoms with van der Waals surface area (Å²) in [6.45, 7) is 5.98. The summed E-state index contributed by atoms with van der Waals surface area (Å²) in [5, 5.41) is 3.39. The first-order valence-corrected chi connectivity index (χ1v) is 6.91. The Bertz CT molecular complexity index is 385. The van der Waals surface area contributed by atoms with Gasteiger partial charge in [0.05, 0.1) is 11.4 Å². The fourth-order valence-corrected chi connectivity index (χ4v) is 2.58. The molecule has 1 fully saturated rings. The maximum Gasteiger partial charge on any atom is 0.147 e. The first-order valence-electron chi connectivity index (χ1n) is 6.91. The van der Waals surface area contributed by atoms with E-state index in [1.807, 2.05) is 20.0 Å². The van der Waals surface area contributed by atoms with E-state index < -0.39 is 0 Å². The highest BCUT2D eigenvalue weighted by atomic mass is 15.2. The van der Waals surface area contributed by atoms with Crippen LogP contribution in [0, 0.1) is 13.8 Å². The highest BCUT2D eigenvalue weighted by molar-refractivity contribution is 5.39. The second-order valence-electron chi connectivity index (χ2n) is 5.29. The molecule has 18 heavy (non-hydrogen) atoms. The van der Waals surface area contributed by atoms with Gasteiger partial charge >= 0.3 is 0 Å². The van der Waals surface area contributed by atoms with Gasteiger partial charge in [0.1, 0.15) is 5.82 Å². The summed E-state index contributed by atoms with van der Waals surface area (Å²) in [7, 11) is 2.23. The van der Waals surface area contributed by atoms with Crippen LogP contribution in [0.5, 0.6) is 0 Å². The highest BCUT2D eigenvalue weighted by Gasteiger charge is 2.18. The zero-order chi connectivity index (χ0) is 13.0. The van der Waals surface area contributed by atoms with Crippen molar-refractivity contribution in [2.24, 2.45) is 0 Å². The van der Waals surface area contributed by atoms with Gasteiger partial charge in [0.15, 0.2) is 0 Å². The minimum absolute atomic E-state index is 0.788. The van der Waals surface area contributed by atoms with Gasteiger partial charge < -0.3 is 10.2 Å². The second-order valence-corrected chi connectivity index (χ2v) is 5.29. The van der Waals surface area contributed by atoms with Crippen molar-refractivity contribution in [2.75, 3.05) is 25.5 Å². The summed E-state index contributed by atoms with van der Waals surface area (Å²) in [6, 6.07) is 0.788. The van der Waals surface area contributed by atoms with Crippen molar-refractivity contribution in [3.63, 3.8) is 0 Å². The number of nitrogens with one attached hydrogen (secondary N) is 1. The minimum Gasteiger partial charge on any atom is -0.367 e. The molecule has 1 saturated carbocycles. The number of anilines is 1. The summed E-state index contributed by atoms with van der Waals surface area (Å²) in [4.78, 5) is 11.3. The average molecular weight is 248 g/mol. The quantitative estimate of drug-likeness (QED) is 0.868. The van der Waals surface area contributed by atoms with Gasteiger partial charge in [0.25, 0.3) is 0 Å². The smallest absolute Gasteiger partial charge is 0.147 e. The van der Waals surface area contributed by atoms with E-state index in [0.29, 0.717) is 0 Å². The van der Waals surface area contributed by atoms with Crippen molar-refractivity contribution >= 4 is 5.82 Å². The number of aromatic nitrogens is 2. The molecule has 4 heteroatoms. The third kappa shape index (κ3) is 3.42. The summed E-state index contributed by atoms with van der Waals surface area (Å²) in [5.74, 6) is 0.926. The third-order valence-corrected chi connectivity index (χ3v) is 3.78. The number of likely N-dealkylation sites (N-methyl/N-ethyl adjacent to an activating group) is 1. The van der Waals surface area contributed by atoms with Crippen molar-refractivity contribution < 1.29 is 0 Å². The van der Waals surface area contributed by atoms with E-state index in [2.05, 4.69) is 27.2 Å². The minimum atomic E-state index is 0.788. The molecule has 1 aromatic rings. The summed E-state index contributed by atoms with van der Waals surface area (Å²) >= 11 is 0. The lowest BCUT2D eigenvalue weighted by atomic mass is 10.2. The Hall–Kier alpha value is -1.16. The van der Waals surface area contributed by atoms with Crippen LogP contribution in [0.3, 0.4) is 0 Å². The molecule has 0 aromatic carbocycles. The van der Waals surface area contributed by atoms with Crippen LogP contribution in [0.4, 0.5) is 5.82 Å². The van der Waals surface area contributed by atoms with Crippen LogP contribution in [0.25, 0.3) is 0 Å². The molecule has 100 valence electrons. The van der Waals surface area contributed by atoms with E-state index in [4.69, 9.17) is 0 Å². The molecule has 0 saturated heterocycles. The molecule has 0 amide bonds. The molecule has 0 spiro atoms. The van der Waals surface area contributed by atoms with E-state index in [-0.39, 0.29) is 0 Å². The van der Waals surface area contributed by atoms with E-state index >= 15 is 0 Å². The van der Waals surface area contributed by atoms with Crippen molar-refractivity contribution in [3.8, 4) is 0 Å². The summed E-state index contributed by atoms with van der Waals surface area (Å²) < 4.78 is 0. The van der Waals surface area contributed by atoms with Gasteiger partial charge in [-0.15, -0.1) is 0 Å². The number of aryl methyl sites for hydroxylation is 2. The van der Waals surface area contributed by atoms with Gasteiger partial charge in [-0.05, 0) is 33.7 Å². The second kappa shape index (κ2) is 6.14. The molecule has 0 unspecified atom stereocenters. The molecule has 1 heterocycles. The molecule has 1 N–H and O–H groups in total. The predicted octanol–water partition coefficient (Wildman–Crippen LogP) is 2.38. The average Bonchev–Trinajstić information content (AvgIpc) is 2.87. The standard InChI is InChI=1S/C14H24N4/c1-11-10-16-12(2)14(17-11)15-8-9-18(3)13-6-4-5-7-13/h10,13H,4-9H2,1-3H3,(H,15,17). The Balaban J connectivity index is 1.79. The molecule has 0 aliphatic heterocycles. The maximum absolute atomic E-state index is 4.47. The molecular weight excluding hydrogens is 224 g/mol. The van der Waals surface area contributed by atoms with Gasteiger partial charge in [0, 0.05) is 25.3 Å². The first-order chi connectivity index (χ1) is 8.66. The van der Waals surface area contributed by atoms with Crippen LogP contribution in [0.2, 0.25) is 0 Å². The molecular formula is C14H24N4. The molecule has 1 aliphatic rings. The third-order valence-electron chi connectivity index (χ3n) is 3.78. The normalized spacial score (nSPS) is 16.4. The molecule has 0 bridgehead atoms. The van der Waals surface area contributed by atoms with Crippen LogP contribution >= 0.6 is 0 Å². The summed E-state index contributed by atoms with van der Waals surface area (Å²) in [6.07, 6.45) is 7.32. The van der Waals surface area contributed by atoms with Crippen LogP contribution in [0.15, 0.2) is 6.20 Å². The maximum atomic E-state index is 4.47. The fraction of sp³-hybridized carbons (Fsp3) is 0.714. The lowest BCUT2D eigenvalue weighted by molar-refractivity contribution is 0.254. The van der Waals surface area contributed by atoms with Gasteiger partial charge in [-0.3, -0.25) is 4.98 Å². The van der Waals surface area contributed by atoms with E-state index in [1.54, 1.807) is 0 Å². The van der Waals surface area contributed by atoms with Crippen LogP contribution in [-0.4, -0.2) is 41.0 Å². The Morgan fingerprint density at radius 1 is 1.33 bits per heavy atom. The Morgan fingerprint density at radius 3 is 2.78 bits per heavy atom. The topological polar surface area (TPSA) is 41.1 Å². The molecule has 4 nitrogen and oxygen atoms in total. The molecule has 1 aromatic heterocycles. The van der Waals surface area contributed by atoms with Gasteiger partial charge in [0.2, 0.25) is 0 Å². The van der Waals surface area contributed by atoms with Crippen LogP contribution in [0.1, 0.15) is 37.1 Å². The number of hydrogen-bond donors (Lipinski definition) is 1. The number of nitrogens with zero attached hydrogens (tertiary/aromatic N) is 3. The van der Waals surface area contributed by atoms with Crippen LogP contribution < -0.4 is 5.32 Å². The van der Waals surface area contributed by atoms with Crippen molar-refractivity contribution in [1.82, 2.24) is 14.9 Å². The van der Waals surface area contributed by atoms with Gasteiger partial charge in [-0.2, -0.15) is 0 Å². The SMILES string of the molecule is Cc1cnc(C)c(NCCN(C)C2CCCC2)n1. The fourth-order valence-electron chi connectivity index (χ4n) is 2.58. The zero-order valence-corrected chi connectivity index (χ0v) is 11.7. The van der Waals surface area contributed by atoms with Crippen LogP contribution in [-0.2, 0) is 0 Å². The molecule has 1 aliphatic carbocycles. The Labute approximate surface area is 110 Å². The lowest BCUT2D eigenvalue weighted by Gasteiger charge is -2.24. The Morgan fingerprint density at radius 2 is 2.06 bits per heavy atom. The Kier molecular flexibility index (Phi) is 4.53. The lowest BCUT2D eigenvalue weighted by Crippen LogP contribution is -2.33. The molecule has 0 radical (unpaired) electrons. The molecule has 0 atom stereocenters. The predicted molar refractivity (Wildman–Crippen MR) is 74.9 cm³/mol. The van der Waals surface area contributed by atoms with Crippen molar-refractivity contribution in [2.45, 2.75) is 45.6 Å². The van der Waals surface area contributed by atoms with Crippen molar-refractivity contribution in [1.29, 1.82) is 0 Å². The molecule has 2 rings (SSSR count). The number of rotatable bonds is 5. The number of hydrogen-bond acceptors (Lipinski definition) is 4.